The maximum atomic E-state index is 9.37. The third-order valence-electron chi connectivity index (χ3n) is 2.92. The topological polar surface area (TPSA) is 32.3 Å². The van der Waals surface area contributed by atoms with Crippen molar-refractivity contribution in [1.29, 1.82) is 0 Å². The zero-order chi connectivity index (χ0) is 11.3. The number of nitrogens with one attached hydrogen (secondary N) is 1. The van der Waals surface area contributed by atoms with Crippen LogP contribution in [0.25, 0.3) is 0 Å². The highest BCUT2D eigenvalue weighted by molar-refractivity contribution is 7.16. The van der Waals surface area contributed by atoms with Crippen molar-refractivity contribution in [2.75, 3.05) is 6.61 Å². The number of aliphatic hydroxyl groups is 1. The van der Waals surface area contributed by atoms with Crippen LogP contribution in [0.15, 0.2) is 12.1 Å². The van der Waals surface area contributed by atoms with Gasteiger partial charge in [-0.3, -0.25) is 0 Å². The van der Waals surface area contributed by atoms with Crippen molar-refractivity contribution in [3.8, 4) is 0 Å². The molecule has 0 aliphatic carbocycles. The molecule has 0 spiro atoms. The molecule has 0 bridgehead atoms. The molecule has 0 radical (unpaired) electrons. The Kier molecular flexibility index (Phi) is 5.06. The second-order valence-corrected chi connectivity index (χ2v) is 5.50. The van der Waals surface area contributed by atoms with Crippen LogP contribution in [-0.2, 0) is 6.54 Å². The van der Waals surface area contributed by atoms with Crippen LogP contribution in [0.3, 0.4) is 0 Å². The standard InChI is InChI=1S/C11H18ClNOS/c1-3-11(4-2,8-14)13-7-9-5-6-10(12)15-9/h5-6,13-14H,3-4,7-8H2,1-2H3. The van der Waals surface area contributed by atoms with Crippen molar-refractivity contribution in [3.63, 3.8) is 0 Å². The van der Waals surface area contributed by atoms with Crippen molar-refractivity contribution in [1.82, 2.24) is 5.32 Å². The molecule has 2 N–H and O–H groups in total. The molecule has 0 saturated heterocycles. The minimum Gasteiger partial charge on any atom is -0.394 e. The van der Waals surface area contributed by atoms with Gasteiger partial charge in [-0.2, -0.15) is 0 Å². The summed E-state index contributed by atoms with van der Waals surface area (Å²) >= 11 is 7.43. The fraction of sp³-hybridized carbons (Fsp3) is 0.636. The van der Waals surface area contributed by atoms with Gasteiger partial charge in [-0.1, -0.05) is 25.4 Å². The molecule has 1 aromatic heterocycles. The molecule has 0 amide bonds. The summed E-state index contributed by atoms with van der Waals surface area (Å²) in [4.78, 5) is 1.21. The summed E-state index contributed by atoms with van der Waals surface area (Å²) in [5, 5.41) is 12.8. The second kappa shape index (κ2) is 5.85. The van der Waals surface area contributed by atoms with Crippen LogP contribution >= 0.6 is 22.9 Å². The molecule has 0 aliphatic heterocycles. The van der Waals surface area contributed by atoms with Gasteiger partial charge in [0.2, 0.25) is 0 Å². The monoisotopic (exact) mass is 247 g/mol. The second-order valence-electron chi connectivity index (χ2n) is 3.70. The van der Waals surface area contributed by atoms with E-state index in [-0.39, 0.29) is 12.1 Å². The normalized spacial score (nSPS) is 12.0. The lowest BCUT2D eigenvalue weighted by molar-refractivity contribution is 0.150. The van der Waals surface area contributed by atoms with Crippen molar-refractivity contribution in [2.24, 2.45) is 0 Å². The van der Waals surface area contributed by atoms with Gasteiger partial charge in [0.15, 0.2) is 0 Å². The predicted molar refractivity (Wildman–Crippen MR) is 66.6 cm³/mol. The number of hydrogen-bond donors (Lipinski definition) is 2. The van der Waals surface area contributed by atoms with Gasteiger partial charge in [-0.05, 0) is 25.0 Å². The Morgan fingerprint density at radius 1 is 1.40 bits per heavy atom. The van der Waals surface area contributed by atoms with E-state index in [0.29, 0.717) is 0 Å². The highest BCUT2D eigenvalue weighted by atomic mass is 35.5. The van der Waals surface area contributed by atoms with Crippen molar-refractivity contribution in [2.45, 2.75) is 38.8 Å². The van der Waals surface area contributed by atoms with Crippen LogP contribution in [0.2, 0.25) is 4.34 Å². The summed E-state index contributed by atoms with van der Waals surface area (Å²) in [5.41, 5.74) is -0.142. The Bertz CT molecular complexity index is 288. The number of aliphatic hydroxyl groups excluding tert-OH is 1. The van der Waals surface area contributed by atoms with Crippen LogP contribution in [0.4, 0.5) is 0 Å². The summed E-state index contributed by atoms with van der Waals surface area (Å²) in [6.07, 6.45) is 1.86. The van der Waals surface area contributed by atoms with Gasteiger partial charge in [-0.25, -0.2) is 0 Å². The van der Waals surface area contributed by atoms with E-state index in [4.69, 9.17) is 11.6 Å². The van der Waals surface area contributed by atoms with Crippen molar-refractivity contribution < 1.29 is 5.11 Å². The van der Waals surface area contributed by atoms with Crippen LogP contribution < -0.4 is 5.32 Å². The Balaban J connectivity index is 2.54. The van der Waals surface area contributed by atoms with Gasteiger partial charge in [0, 0.05) is 17.0 Å². The maximum Gasteiger partial charge on any atom is 0.0931 e. The summed E-state index contributed by atoms with van der Waals surface area (Å²) in [6.45, 7) is 5.14. The molecule has 15 heavy (non-hydrogen) atoms. The van der Waals surface area contributed by atoms with Gasteiger partial charge < -0.3 is 10.4 Å². The third kappa shape index (κ3) is 3.45. The van der Waals surface area contributed by atoms with E-state index in [2.05, 4.69) is 19.2 Å². The van der Waals surface area contributed by atoms with E-state index in [0.717, 1.165) is 23.7 Å². The molecule has 4 heteroatoms. The highest BCUT2D eigenvalue weighted by Gasteiger charge is 2.24. The first-order valence-electron chi connectivity index (χ1n) is 5.26. The maximum absolute atomic E-state index is 9.37. The molecule has 1 rings (SSSR count). The molecule has 1 heterocycles. The largest absolute Gasteiger partial charge is 0.394 e. The fourth-order valence-corrected chi connectivity index (χ4v) is 2.53. The Labute approximate surface area is 100 Å². The lowest BCUT2D eigenvalue weighted by Gasteiger charge is -2.30. The van der Waals surface area contributed by atoms with E-state index in [1.807, 2.05) is 12.1 Å². The summed E-state index contributed by atoms with van der Waals surface area (Å²) < 4.78 is 0.814. The predicted octanol–water partition coefficient (Wildman–Crippen LogP) is 3.04. The molecule has 0 fully saturated rings. The SMILES string of the molecule is CCC(CC)(CO)NCc1ccc(Cl)s1. The molecular formula is C11H18ClNOS. The average Bonchev–Trinajstić information content (AvgIpc) is 2.67. The van der Waals surface area contributed by atoms with E-state index in [1.54, 1.807) is 11.3 Å². The first-order valence-corrected chi connectivity index (χ1v) is 6.45. The number of rotatable bonds is 6. The zero-order valence-electron chi connectivity index (χ0n) is 9.22. The molecular weight excluding hydrogens is 230 g/mol. The quantitative estimate of drug-likeness (QED) is 0.810. The van der Waals surface area contributed by atoms with Crippen LogP contribution in [0, 0.1) is 0 Å². The molecule has 1 aromatic rings. The van der Waals surface area contributed by atoms with Crippen molar-refractivity contribution in [3.05, 3.63) is 21.3 Å². The number of halogens is 1. The molecule has 0 atom stereocenters. The van der Waals surface area contributed by atoms with Gasteiger partial charge in [-0.15, -0.1) is 11.3 Å². The number of hydrogen-bond acceptors (Lipinski definition) is 3. The Morgan fingerprint density at radius 2 is 2.07 bits per heavy atom. The van der Waals surface area contributed by atoms with Gasteiger partial charge in [0.05, 0.1) is 10.9 Å². The molecule has 86 valence electrons. The smallest absolute Gasteiger partial charge is 0.0931 e. The first kappa shape index (κ1) is 13.0. The van der Waals surface area contributed by atoms with E-state index >= 15 is 0 Å². The van der Waals surface area contributed by atoms with Gasteiger partial charge in [0.25, 0.3) is 0 Å². The fourth-order valence-electron chi connectivity index (χ4n) is 1.50. The van der Waals surface area contributed by atoms with Gasteiger partial charge >= 0.3 is 0 Å². The minimum atomic E-state index is -0.142. The minimum absolute atomic E-state index is 0.142. The zero-order valence-corrected chi connectivity index (χ0v) is 10.8. The van der Waals surface area contributed by atoms with Crippen LogP contribution in [-0.4, -0.2) is 17.3 Å². The number of thiophene rings is 1. The highest BCUT2D eigenvalue weighted by Crippen LogP contribution is 2.22. The van der Waals surface area contributed by atoms with E-state index < -0.39 is 0 Å². The third-order valence-corrected chi connectivity index (χ3v) is 4.15. The first-order chi connectivity index (χ1) is 7.15. The summed E-state index contributed by atoms with van der Waals surface area (Å²) in [6, 6.07) is 3.93. The lowest BCUT2D eigenvalue weighted by atomic mass is 9.94. The molecule has 0 aliphatic rings. The lowest BCUT2D eigenvalue weighted by Crippen LogP contribution is -2.46. The van der Waals surface area contributed by atoms with E-state index in [9.17, 15) is 5.11 Å². The molecule has 2 nitrogen and oxygen atoms in total. The molecule has 0 saturated carbocycles. The molecule has 0 aromatic carbocycles. The van der Waals surface area contributed by atoms with Crippen LogP contribution in [0.5, 0.6) is 0 Å². The van der Waals surface area contributed by atoms with Crippen molar-refractivity contribution >= 4 is 22.9 Å². The summed E-state index contributed by atoms with van der Waals surface area (Å²) in [7, 11) is 0. The Morgan fingerprint density at radius 3 is 2.47 bits per heavy atom. The van der Waals surface area contributed by atoms with Crippen LogP contribution in [0.1, 0.15) is 31.6 Å². The Hall–Kier alpha value is -0.0900. The average molecular weight is 248 g/mol. The van der Waals surface area contributed by atoms with Gasteiger partial charge in [0.1, 0.15) is 0 Å². The summed E-state index contributed by atoms with van der Waals surface area (Å²) in [5.74, 6) is 0. The molecule has 0 unspecified atom stereocenters. The van der Waals surface area contributed by atoms with E-state index in [1.165, 1.54) is 4.88 Å².